The minimum Gasteiger partial charge on any atom is -0.392 e. The molecule has 0 atom stereocenters. The molecule has 100 valence electrons. The van der Waals surface area contributed by atoms with Crippen LogP contribution in [0.3, 0.4) is 0 Å². The zero-order valence-electron chi connectivity index (χ0n) is 11.5. The Kier molecular flexibility index (Phi) is 4.45. The number of carbonyl (C=O) groups is 1. The molecule has 0 unspecified atom stereocenters. The second kappa shape index (κ2) is 5.48. The van der Waals surface area contributed by atoms with Gasteiger partial charge in [0.05, 0.1) is 22.8 Å². The summed E-state index contributed by atoms with van der Waals surface area (Å²) in [6.45, 7) is 7.89. The maximum Gasteiger partial charge on any atom is 0.258 e. The van der Waals surface area contributed by atoms with Crippen LogP contribution in [0.2, 0.25) is 0 Å². The van der Waals surface area contributed by atoms with Crippen LogP contribution in [0.4, 0.5) is 0 Å². The highest BCUT2D eigenvalue weighted by molar-refractivity contribution is 7.80. The highest BCUT2D eigenvalue weighted by Gasteiger charge is 2.25. The molecule has 18 heavy (non-hydrogen) atoms. The summed E-state index contributed by atoms with van der Waals surface area (Å²) in [5, 5.41) is 4.26. The van der Waals surface area contributed by atoms with Crippen molar-refractivity contribution in [2.75, 3.05) is 6.54 Å². The predicted octanol–water partition coefficient (Wildman–Crippen LogP) is 1.17. The van der Waals surface area contributed by atoms with E-state index in [0.29, 0.717) is 17.1 Å². The molecule has 0 aromatic carbocycles. The molecule has 6 heteroatoms. The standard InChI is InChI=1S/C12H20N4OS/c1-7(2)16(6-10(13)18)12(17)11-8(3)14-15(5)9(11)4/h7H,6H2,1-5H3,(H2,13,18). The largest absolute Gasteiger partial charge is 0.392 e. The predicted molar refractivity (Wildman–Crippen MR) is 75.6 cm³/mol. The number of rotatable bonds is 4. The summed E-state index contributed by atoms with van der Waals surface area (Å²) in [5.41, 5.74) is 7.77. The fourth-order valence-electron chi connectivity index (χ4n) is 1.88. The van der Waals surface area contributed by atoms with Crippen molar-refractivity contribution in [3.8, 4) is 0 Å². The van der Waals surface area contributed by atoms with Crippen LogP contribution in [0.1, 0.15) is 35.6 Å². The summed E-state index contributed by atoms with van der Waals surface area (Å²) < 4.78 is 1.71. The average Bonchev–Trinajstić information content (AvgIpc) is 2.48. The SMILES string of the molecule is Cc1nn(C)c(C)c1C(=O)N(CC(N)=S)C(C)C. The number of amides is 1. The smallest absolute Gasteiger partial charge is 0.258 e. The molecule has 1 amide bonds. The molecule has 1 aromatic heterocycles. The lowest BCUT2D eigenvalue weighted by atomic mass is 10.1. The van der Waals surface area contributed by atoms with Gasteiger partial charge in [-0.1, -0.05) is 12.2 Å². The van der Waals surface area contributed by atoms with E-state index in [1.165, 1.54) is 0 Å². The monoisotopic (exact) mass is 268 g/mol. The Bertz CT molecular complexity index is 479. The van der Waals surface area contributed by atoms with Crippen molar-refractivity contribution in [1.29, 1.82) is 0 Å². The minimum atomic E-state index is -0.0686. The number of thiocarbonyl (C=S) groups is 1. The lowest BCUT2D eigenvalue weighted by molar-refractivity contribution is 0.0734. The highest BCUT2D eigenvalue weighted by Crippen LogP contribution is 2.16. The first-order chi connectivity index (χ1) is 8.25. The maximum absolute atomic E-state index is 12.5. The Morgan fingerprint density at radius 1 is 1.50 bits per heavy atom. The fourth-order valence-corrected chi connectivity index (χ4v) is 2.02. The lowest BCUT2D eigenvalue weighted by Crippen LogP contribution is -2.42. The molecule has 0 bridgehead atoms. The number of aryl methyl sites for hydroxylation is 2. The van der Waals surface area contributed by atoms with E-state index in [1.807, 2.05) is 34.7 Å². The van der Waals surface area contributed by atoms with Crippen molar-refractivity contribution >= 4 is 23.1 Å². The van der Waals surface area contributed by atoms with Crippen molar-refractivity contribution in [3.05, 3.63) is 17.0 Å². The van der Waals surface area contributed by atoms with Crippen molar-refractivity contribution in [3.63, 3.8) is 0 Å². The van der Waals surface area contributed by atoms with E-state index in [4.69, 9.17) is 18.0 Å². The van der Waals surface area contributed by atoms with Crippen LogP contribution < -0.4 is 5.73 Å². The summed E-state index contributed by atoms with van der Waals surface area (Å²) in [6.07, 6.45) is 0. The Hall–Kier alpha value is -1.43. The van der Waals surface area contributed by atoms with E-state index < -0.39 is 0 Å². The Morgan fingerprint density at radius 3 is 2.39 bits per heavy atom. The number of nitrogens with two attached hydrogens (primary N) is 1. The molecule has 5 nitrogen and oxygen atoms in total. The van der Waals surface area contributed by atoms with Gasteiger partial charge in [-0.15, -0.1) is 0 Å². The molecular formula is C12H20N4OS. The van der Waals surface area contributed by atoms with Gasteiger partial charge in [0.2, 0.25) is 0 Å². The fraction of sp³-hybridized carbons (Fsp3) is 0.583. The van der Waals surface area contributed by atoms with Crippen molar-refractivity contribution in [1.82, 2.24) is 14.7 Å². The molecule has 0 fully saturated rings. The summed E-state index contributed by atoms with van der Waals surface area (Å²) in [6, 6.07) is 0.0398. The molecule has 0 spiro atoms. The number of nitrogens with zero attached hydrogens (tertiary/aromatic N) is 3. The Labute approximate surface area is 113 Å². The maximum atomic E-state index is 12.5. The minimum absolute atomic E-state index is 0.0398. The molecule has 1 aromatic rings. The van der Waals surface area contributed by atoms with E-state index >= 15 is 0 Å². The molecular weight excluding hydrogens is 248 g/mol. The Balaban J connectivity index is 3.13. The third-order valence-corrected chi connectivity index (χ3v) is 3.06. The Morgan fingerprint density at radius 2 is 2.06 bits per heavy atom. The summed E-state index contributed by atoms with van der Waals surface area (Å²) >= 11 is 4.89. The van der Waals surface area contributed by atoms with Crippen molar-refractivity contribution in [2.45, 2.75) is 33.7 Å². The van der Waals surface area contributed by atoms with Gasteiger partial charge in [0, 0.05) is 18.8 Å². The first kappa shape index (κ1) is 14.6. The van der Waals surface area contributed by atoms with E-state index in [-0.39, 0.29) is 11.9 Å². The van der Waals surface area contributed by atoms with Crippen LogP contribution in [0.15, 0.2) is 0 Å². The van der Waals surface area contributed by atoms with Crippen LogP contribution >= 0.6 is 12.2 Å². The zero-order valence-corrected chi connectivity index (χ0v) is 12.3. The van der Waals surface area contributed by atoms with Crippen molar-refractivity contribution < 1.29 is 4.79 Å². The molecule has 1 rings (SSSR count). The molecule has 0 saturated carbocycles. The number of carbonyl (C=O) groups excluding carboxylic acids is 1. The van der Waals surface area contributed by atoms with E-state index in [1.54, 1.807) is 9.58 Å². The topological polar surface area (TPSA) is 64.2 Å². The van der Waals surface area contributed by atoms with Gasteiger partial charge in [-0.05, 0) is 27.7 Å². The van der Waals surface area contributed by atoms with Gasteiger partial charge < -0.3 is 10.6 Å². The highest BCUT2D eigenvalue weighted by atomic mass is 32.1. The molecule has 0 aliphatic carbocycles. The van der Waals surface area contributed by atoms with Crippen LogP contribution in [0, 0.1) is 13.8 Å². The van der Waals surface area contributed by atoms with Gasteiger partial charge in [0.25, 0.3) is 5.91 Å². The van der Waals surface area contributed by atoms with Crippen LogP contribution in [0.5, 0.6) is 0 Å². The third kappa shape index (κ3) is 2.87. The molecule has 2 N–H and O–H groups in total. The second-order valence-corrected chi connectivity index (χ2v) is 5.19. The van der Waals surface area contributed by atoms with Crippen molar-refractivity contribution in [2.24, 2.45) is 12.8 Å². The number of aromatic nitrogens is 2. The van der Waals surface area contributed by atoms with Crippen LogP contribution in [0.25, 0.3) is 0 Å². The van der Waals surface area contributed by atoms with Gasteiger partial charge in [0.15, 0.2) is 0 Å². The van der Waals surface area contributed by atoms with E-state index in [0.717, 1.165) is 11.4 Å². The van der Waals surface area contributed by atoms with Crippen LogP contribution in [-0.2, 0) is 7.05 Å². The number of hydrogen-bond acceptors (Lipinski definition) is 3. The van der Waals surface area contributed by atoms with Gasteiger partial charge in [-0.2, -0.15) is 5.10 Å². The quantitative estimate of drug-likeness (QED) is 0.833. The van der Waals surface area contributed by atoms with Crippen LogP contribution in [-0.4, -0.2) is 38.2 Å². The average molecular weight is 268 g/mol. The third-order valence-electron chi connectivity index (χ3n) is 2.93. The molecule has 0 saturated heterocycles. The first-order valence-corrected chi connectivity index (χ1v) is 6.26. The summed E-state index contributed by atoms with van der Waals surface area (Å²) in [5.74, 6) is -0.0686. The van der Waals surface area contributed by atoms with Gasteiger partial charge in [-0.25, -0.2) is 0 Å². The van der Waals surface area contributed by atoms with E-state index in [2.05, 4.69) is 5.10 Å². The molecule has 0 radical (unpaired) electrons. The molecule has 0 aliphatic rings. The molecule has 1 heterocycles. The number of hydrogen-bond donors (Lipinski definition) is 1. The second-order valence-electron chi connectivity index (χ2n) is 4.66. The normalized spacial score (nSPS) is 10.8. The van der Waals surface area contributed by atoms with Gasteiger partial charge in [-0.3, -0.25) is 9.48 Å². The zero-order chi connectivity index (χ0) is 14.0. The van der Waals surface area contributed by atoms with Gasteiger partial charge in [0.1, 0.15) is 0 Å². The molecule has 0 aliphatic heterocycles. The van der Waals surface area contributed by atoms with E-state index in [9.17, 15) is 4.79 Å². The summed E-state index contributed by atoms with van der Waals surface area (Å²) in [4.78, 5) is 14.5. The lowest BCUT2D eigenvalue weighted by Gasteiger charge is -2.26. The summed E-state index contributed by atoms with van der Waals surface area (Å²) in [7, 11) is 1.83. The first-order valence-electron chi connectivity index (χ1n) is 5.85. The van der Waals surface area contributed by atoms with Gasteiger partial charge >= 0.3 is 0 Å².